The largest absolute Gasteiger partial charge is 1.00 e. The molecule has 0 nitrogen and oxygen atoms in total. The van der Waals surface area contributed by atoms with Gasteiger partial charge in [0.05, 0.1) is 0 Å². The van der Waals surface area contributed by atoms with Crippen molar-refractivity contribution in [1.82, 2.24) is 0 Å². The van der Waals surface area contributed by atoms with Gasteiger partial charge in [0.2, 0.25) is 0 Å². The molecule has 0 saturated carbocycles. The smallest absolute Gasteiger partial charge is 1.00 e. The Hall–Kier alpha value is 2.39. The third-order valence-electron chi connectivity index (χ3n) is 0. The third kappa shape index (κ3) is 32.5. The average molecular weight is 293 g/mol. The van der Waals surface area contributed by atoms with Gasteiger partial charge in [0.1, 0.15) is 0 Å². The minimum atomic E-state index is 0. The zero-order valence-electron chi connectivity index (χ0n) is 3.09. The van der Waals surface area contributed by atoms with Crippen LogP contribution in [0.25, 0.3) is 0 Å². The number of halogens is 4. The summed E-state index contributed by atoms with van der Waals surface area (Å²) in [4.78, 5) is 0. The maximum Gasteiger partial charge on any atom is 1.00 e. The van der Waals surface area contributed by atoms with Crippen molar-refractivity contribution in [3.05, 3.63) is 0 Å². The minimum Gasteiger partial charge on any atom is -1.00 e. The van der Waals surface area contributed by atoms with E-state index in [1.54, 1.807) is 0 Å². The molecule has 0 fully saturated rings. The van der Waals surface area contributed by atoms with Crippen LogP contribution in [0.15, 0.2) is 0 Å². The number of hydrogen-bond donors (Lipinski definition) is 0. The van der Waals surface area contributed by atoms with E-state index in [0.29, 0.717) is 0 Å². The summed E-state index contributed by atoms with van der Waals surface area (Å²) in [7, 11) is 0. The van der Waals surface area contributed by atoms with Crippen LogP contribution in [0.4, 0.5) is 0 Å². The maximum atomic E-state index is 3.10. The van der Waals surface area contributed by atoms with Crippen molar-refractivity contribution < 1.29 is 31.3 Å². The van der Waals surface area contributed by atoms with Crippen LogP contribution in [0.5, 0.6) is 0 Å². The van der Waals surface area contributed by atoms with Gasteiger partial charge in [-0.05, 0) is 0 Å². The number of hydrogen-bond acceptors (Lipinski definition) is 0. The van der Waals surface area contributed by atoms with Gasteiger partial charge in [-0.2, -0.15) is 0 Å². The van der Waals surface area contributed by atoms with E-state index in [1.165, 1.54) is 0 Å². The van der Waals surface area contributed by atoms with Gasteiger partial charge in [0, 0.05) is 0 Å². The summed E-state index contributed by atoms with van der Waals surface area (Å²) in [6, 6.07) is 0. The Labute approximate surface area is 80.8 Å². The molecule has 0 spiro atoms. The Bertz CT molecular complexity index is 15.5. The molecule has 0 aliphatic carbocycles. The van der Waals surface area contributed by atoms with Crippen molar-refractivity contribution in [2.24, 2.45) is 0 Å². The second-order valence-electron chi connectivity index (χ2n) is 0.247. The molecule has 0 rings (SSSR count). The van der Waals surface area contributed by atoms with Crippen molar-refractivity contribution in [3.63, 3.8) is 0 Å². The first-order valence-corrected chi connectivity index (χ1v) is 3.40. The zero-order valence-corrected chi connectivity index (χ0v) is 8.60. The van der Waals surface area contributed by atoms with Gasteiger partial charge in [0.25, 0.3) is 0 Å². The van der Waals surface area contributed by atoms with E-state index in [-0.39, 0.29) is 34.5 Å². The SMILES string of the molecule is BrB(Br)Br.[Cl-].[Li+]. The quantitative estimate of drug-likeness (QED) is 0.401. The summed E-state index contributed by atoms with van der Waals surface area (Å²) in [5.41, 5.74) is 0. The molecule has 0 heterocycles. The predicted molar refractivity (Wildman–Crippen MR) is 32.5 cm³/mol. The normalized spacial score (nSPS) is 4.50. The molecular formula is BBr3ClLi. The molecule has 0 unspecified atom stereocenters. The predicted octanol–water partition coefficient (Wildman–Crippen LogP) is -3.84. The van der Waals surface area contributed by atoms with Crippen molar-refractivity contribution in [2.45, 2.75) is 0 Å². The number of rotatable bonds is 0. The van der Waals surface area contributed by atoms with E-state index >= 15 is 0 Å². The molecule has 6 heteroatoms. The maximum absolute atomic E-state index is 3.10. The Morgan fingerprint density at radius 2 is 1.00 bits per heavy atom. The van der Waals surface area contributed by atoms with Gasteiger partial charge in [-0.25, -0.2) is 0 Å². The second kappa shape index (κ2) is 10.4. The molecule has 0 aromatic heterocycles. The monoisotopic (exact) mass is 290 g/mol. The Morgan fingerprint density at radius 1 is 1.00 bits per heavy atom. The summed E-state index contributed by atoms with van der Waals surface area (Å²) in [5.74, 6) is 0. The van der Waals surface area contributed by atoms with Gasteiger partial charge in [-0.3, -0.25) is 0 Å². The van der Waals surface area contributed by atoms with Crippen LogP contribution in [0.1, 0.15) is 0 Å². The van der Waals surface area contributed by atoms with Crippen molar-refractivity contribution in [1.29, 1.82) is 0 Å². The molecule has 0 atom stereocenters. The molecule has 0 amide bonds. The Morgan fingerprint density at radius 3 is 1.00 bits per heavy atom. The van der Waals surface area contributed by atoms with Crippen LogP contribution in [0.2, 0.25) is 0 Å². The van der Waals surface area contributed by atoms with Crippen molar-refractivity contribution in [3.8, 4) is 0 Å². The van der Waals surface area contributed by atoms with Crippen LogP contribution < -0.4 is 31.3 Å². The third-order valence-corrected chi connectivity index (χ3v) is 0. The van der Waals surface area contributed by atoms with E-state index in [1.807, 2.05) is 0 Å². The van der Waals surface area contributed by atoms with Gasteiger partial charge in [0.15, 0.2) is 0 Å². The first-order valence-electron chi connectivity index (χ1n) is 0.655. The molecular weight excluding hydrogens is 293 g/mol. The van der Waals surface area contributed by atoms with Crippen molar-refractivity contribution in [2.75, 3.05) is 0 Å². The molecule has 0 bridgehead atoms. The summed E-state index contributed by atoms with van der Waals surface area (Å²) in [6.07, 6.45) is 0. The van der Waals surface area contributed by atoms with E-state index in [9.17, 15) is 0 Å². The summed E-state index contributed by atoms with van der Waals surface area (Å²) >= 11 is 9.31. The molecule has 0 N–H and O–H groups in total. The van der Waals surface area contributed by atoms with Crippen LogP contribution >= 0.6 is 47.3 Å². The molecule has 0 saturated heterocycles. The van der Waals surface area contributed by atoms with Gasteiger partial charge < -0.3 is 12.4 Å². The Kier molecular flexibility index (Phi) is 27.3. The molecule has 6 heavy (non-hydrogen) atoms. The fourth-order valence-corrected chi connectivity index (χ4v) is 0. The summed E-state index contributed by atoms with van der Waals surface area (Å²) in [5, 5.41) is 0. The zero-order chi connectivity index (χ0) is 3.58. The Balaban J connectivity index is -0.0000000450. The van der Waals surface area contributed by atoms with E-state index in [0.717, 1.165) is 0 Å². The van der Waals surface area contributed by atoms with Crippen molar-refractivity contribution >= 4 is 50.5 Å². The first kappa shape index (κ1) is 15.8. The molecule has 32 valence electrons. The van der Waals surface area contributed by atoms with Crippen LogP contribution in [0.3, 0.4) is 0 Å². The second-order valence-corrected chi connectivity index (χ2v) is 6.68. The summed E-state index contributed by atoms with van der Waals surface area (Å²) < 4.78 is 0.271. The van der Waals surface area contributed by atoms with Crippen LogP contribution in [-0.4, -0.2) is 3.18 Å². The molecule has 0 aromatic carbocycles. The standard InChI is InChI=1S/BBr3.ClH.Li/c2-1(3)4;;/h;1H;/q;;+1/p-1. The average Bonchev–Trinajstić information content (AvgIpc) is 0.811. The fourth-order valence-electron chi connectivity index (χ4n) is 0. The van der Waals surface area contributed by atoms with Gasteiger partial charge in [-0.1, -0.05) is 0 Å². The van der Waals surface area contributed by atoms with E-state index < -0.39 is 0 Å². The summed E-state index contributed by atoms with van der Waals surface area (Å²) in [6.45, 7) is 0. The molecule has 0 aromatic rings. The minimum absolute atomic E-state index is 0. The molecule has 0 aliphatic heterocycles. The topological polar surface area (TPSA) is 0 Å². The van der Waals surface area contributed by atoms with Gasteiger partial charge >= 0.3 is 22.0 Å². The molecule has 0 radical (unpaired) electrons. The van der Waals surface area contributed by atoms with E-state index in [2.05, 4.69) is 47.3 Å². The van der Waals surface area contributed by atoms with Crippen LogP contribution in [0, 0.1) is 0 Å². The van der Waals surface area contributed by atoms with Crippen LogP contribution in [-0.2, 0) is 0 Å². The first-order chi connectivity index (χ1) is 1.73. The molecule has 0 aliphatic rings. The fraction of sp³-hybridized carbons (Fsp3) is 0. The van der Waals surface area contributed by atoms with Gasteiger partial charge in [-0.15, -0.1) is 47.3 Å². The van der Waals surface area contributed by atoms with E-state index in [4.69, 9.17) is 0 Å².